The third-order valence-corrected chi connectivity index (χ3v) is 3.75. The van der Waals surface area contributed by atoms with Crippen LogP contribution in [-0.2, 0) is 0 Å². The normalized spacial score (nSPS) is 10.2. The van der Waals surface area contributed by atoms with Gasteiger partial charge < -0.3 is 10.6 Å². The van der Waals surface area contributed by atoms with Crippen LogP contribution in [0.15, 0.2) is 40.9 Å². The topological polar surface area (TPSA) is 41.1 Å². The molecule has 0 aliphatic heterocycles. The first kappa shape index (κ1) is 14.9. The first-order valence-electron chi connectivity index (χ1n) is 6.06. The number of benzene rings is 2. The molecule has 0 spiro atoms. The number of aryl methyl sites for hydroxylation is 2. The molecule has 20 heavy (non-hydrogen) atoms. The van der Waals surface area contributed by atoms with Gasteiger partial charge in [0, 0.05) is 4.47 Å². The van der Waals surface area contributed by atoms with Gasteiger partial charge in [0.2, 0.25) is 0 Å². The number of halogens is 2. The summed E-state index contributed by atoms with van der Waals surface area (Å²) in [5.74, 6) is 0. The summed E-state index contributed by atoms with van der Waals surface area (Å²) in [4.78, 5) is 12.0. The van der Waals surface area contributed by atoms with Crippen LogP contribution in [-0.4, -0.2) is 6.03 Å². The second kappa shape index (κ2) is 6.29. The highest BCUT2D eigenvalue weighted by Crippen LogP contribution is 2.28. The average Bonchev–Trinajstić information content (AvgIpc) is 2.36. The zero-order chi connectivity index (χ0) is 14.7. The maximum absolute atomic E-state index is 12.0. The van der Waals surface area contributed by atoms with E-state index in [1.165, 1.54) is 0 Å². The third kappa shape index (κ3) is 3.52. The Morgan fingerprint density at radius 2 is 1.85 bits per heavy atom. The lowest BCUT2D eigenvalue weighted by Gasteiger charge is -2.13. The largest absolute Gasteiger partial charge is 0.323 e. The third-order valence-electron chi connectivity index (χ3n) is 2.79. The predicted molar refractivity (Wildman–Crippen MR) is 87.7 cm³/mol. The van der Waals surface area contributed by atoms with Crippen molar-refractivity contribution in [2.75, 3.05) is 10.6 Å². The van der Waals surface area contributed by atoms with Crippen molar-refractivity contribution in [1.82, 2.24) is 0 Å². The van der Waals surface area contributed by atoms with Crippen LogP contribution in [0.2, 0.25) is 5.02 Å². The van der Waals surface area contributed by atoms with Crippen LogP contribution >= 0.6 is 27.5 Å². The summed E-state index contributed by atoms with van der Waals surface area (Å²) in [6.45, 7) is 3.95. The molecule has 0 heterocycles. The zero-order valence-electron chi connectivity index (χ0n) is 11.1. The van der Waals surface area contributed by atoms with Crippen molar-refractivity contribution in [3.05, 3.63) is 57.0 Å². The quantitative estimate of drug-likeness (QED) is 0.749. The standard InChI is InChI=1S/C15H14BrClN2O/c1-9-7-10(2)14(11(16)8-9)19-15(20)18-13-6-4-3-5-12(13)17/h3-8H,1-2H3,(H2,18,19,20). The molecule has 0 bridgehead atoms. The van der Waals surface area contributed by atoms with Crippen LogP contribution < -0.4 is 10.6 Å². The summed E-state index contributed by atoms with van der Waals surface area (Å²) in [6.07, 6.45) is 0. The van der Waals surface area contributed by atoms with E-state index in [9.17, 15) is 4.79 Å². The first-order valence-corrected chi connectivity index (χ1v) is 7.24. The van der Waals surface area contributed by atoms with Gasteiger partial charge in [0.25, 0.3) is 0 Å². The van der Waals surface area contributed by atoms with E-state index in [0.29, 0.717) is 10.7 Å². The van der Waals surface area contributed by atoms with Crippen molar-refractivity contribution in [1.29, 1.82) is 0 Å². The van der Waals surface area contributed by atoms with E-state index in [0.717, 1.165) is 21.3 Å². The van der Waals surface area contributed by atoms with Gasteiger partial charge in [0.1, 0.15) is 0 Å². The second-order valence-electron chi connectivity index (χ2n) is 4.50. The number of nitrogens with one attached hydrogen (secondary N) is 2. The molecule has 0 atom stereocenters. The first-order chi connectivity index (χ1) is 9.47. The SMILES string of the molecule is Cc1cc(C)c(NC(=O)Nc2ccccc2Cl)c(Br)c1. The Kier molecular flexibility index (Phi) is 4.68. The maximum atomic E-state index is 12.0. The summed E-state index contributed by atoms with van der Waals surface area (Å²) in [6, 6.07) is 10.7. The van der Waals surface area contributed by atoms with Crippen molar-refractivity contribution in [2.24, 2.45) is 0 Å². The Morgan fingerprint density at radius 3 is 2.50 bits per heavy atom. The number of hydrogen-bond acceptors (Lipinski definition) is 1. The van der Waals surface area contributed by atoms with Crippen LogP contribution in [0.1, 0.15) is 11.1 Å². The highest BCUT2D eigenvalue weighted by Gasteiger charge is 2.10. The molecular formula is C15H14BrClN2O. The van der Waals surface area contributed by atoms with Gasteiger partial charge in [0.05, 0.1) is 16.4 Å². The lowest BCUT2D eigenvalue weighted by atomic mass is 10.1. The highest BCUT2D eigenvalue weighted by molar-refractivity contribution is 9.10. The molecule has 2 N–H and O–H groups in total. The summed E-state index contributed by atoms with van der Waals surface area (Å²) in [5.41, 5.74) is 3.45. The molecule has 0 saturated heterocycles. The number of anilines is 2. The molecule has 2 aromatic rings. The van der Waals surface area contributed by atoms with Gasteiger partial charge >= 0.3 is 6.03 Å². The summed E-state index contributed by atoms with van der Waals surface area (Å²) >= 11 is 9.46. The molecule has 0 radical (unpaired) electrons. The van der Waals surface area contributed by atoms with E-state index in [2.05, 4.69) is 26.6 Å². The van der Waals surface area contributed by atoms with Crippen molar-refractivity contribution >= 4 is 44.9 Å². The van der Waals surface area contributed by atoms with Crippen molar-refractivity contribution in [3.63, 3.8) is 0 Å². The minimum Gasteiger partial charge on any atom is -0.306 e. The van der Waals surface area contributed by atoms with Gasteiger partial charge in [-0.05, 0) is 59.1 Å². The fourth-order valence-corrected chi connectivity index (χ4v) is 2.86. The Bertz CT molecular complexity index is 635. The molecule has 0 saturated carbocycles. The lowest BCUT2D eigenvalue weighted by molar-refractivity contribution is 0.262. The van der Waals surface area contributed by atoms with Crippen LogP contribution in [0.25, 0.3) is 0 Å². The molecule has 5 heteroatoms. The van der Waals surface area contributed by atoms with E-state index in [1.807, 2.05) is 38.1 Å². The van der Waals surface area contributed by atoms with Crippen LogP contribution in [0.4, 0.5) is 16.2 Å². The van der Waals surface area contributed by atoms with Gasteiger partial charge in [-0.25, -0.2) is 4.79 Å². The van der Waals surface area contributed by atoms with E-state index in [1.54, 1.807) is 12.1 Å². The minimum absolute atomic E-state index is 0.328. The fraction of sp³-hybridized carbons (Fsp3) is 0.133. The number of rotatable bonds is 2. The van der Waals surface area contributed by atoms with Crippen molar-refractivity contribution in [2.45, 2.75) is 13.8 Å². The van der Waals surface area contributed by atoms with Crippen LogP contribution in [0.3, 0.4) is 0 Å². The minimum atomic E-state index is -0.328. The Labute approximate surface area is 131 Å². The smallest absolute Gasteiger partial charge is 0.306 e. The monoisotopic (exact) mass is 352 g/mol. The Hall–Kier alpha value is -1.52. The Balaban J connectivity index is 2.15. The predicted octanol–water partition coefficient (Wildman–Crippen LogP) is 5.36. The number of para-hydroxylation sites is 1. The molecule has 2 aromatic carbocycles. The molecule has 0 aromatic heterocycles. The van der Waals surface area contributed by atoms with E-state index in [-0.39, 0.29) is 6.03 Å². The summed E-state index contributed by atoms with van der Waals surface area (Å²) in [7, 11) is 0. The molecule has 0 aliphatic rings. The zero-order valence-corrected chi connectivity index (χ0v) is 13.5. The lowest BCUT2D eigenvalue weighted by Crippen LogP contribution is -2.20. The highest BCUT2D eigenvalue weighted by atomic mass is 79.9. The molecule has 0 unspecified atom stereocenters. The van der Waals surface area contributed by atoms with E-state index in [4.69, 9.17) is 11.6 Å². The molecular weight excluding hydrogens is 340 g/mol. The molecule has 2 amide bonds. The fourth-order valence-electron chi connectivity index (χ4n) is 1.90. The Morgan fingerprint density at radius 1 is 1.15 bits per heavy atom. The number of urea groups is 1. The van der Waals surface area contributed by atoms with Crippen molar-refractivity contribution < 1.29 is 4.79 Å². The van der Waals surface area contributed by atoms with Crippen LogP contribution in [0, 0.1) is 13.8 Å². The maximum Gasteiger partial charge on any atom is 0.323 e. The van der Waals surface area contributed by atoms with Gasteiger partial charge in [-0.2, -0.15) is 0 Å². The molecule has 0 aliphatic carbocycles. The summed E-state index contributed by atoms with van der Waals surface area (Å²) in [5, 5.41) is 6.05. The van der Waals surface area contributed by atoms with Gasteiger partial charge in [-0.3, -0.25) is 0 Å². The molecule has 2 rings (SSSR count). The van der Waals surface area contributed by atoms with Gasteiger partial charge in [-0.1, -0.05) is 29.8 Å². The summed E-state index contributed by atoms with van der Waals surface area (Å²) < 4.78 is 0.851. The van der Waals surface area contributed by atoms with Crippen LogP contribution in [0.5, 0.6) is 0 Å². The molecule has 0 fully saturated rings. The van der Waals surface area contributed by atoms with Gasteiger partial charge in [-0.15, -0.1) is 0 Å². The van der Waals surface area contributed by atoms with E-state index >= 15 is 0 Å². The molecule has 3 nitrogen and oxygen atoms in total. The van der Waals surface area contributed by atoms with E-state index < -0.39 is 0 Å². The second-order valence-corrected chi connectivity index (χ2v) is 5.76. The number of carbonyl (C=O) groups is 1. The number of hydrogen-bond donors (Lipinski definition) is 2. The van der Waals surface area contributed by atoms with Gasteiger partial charge in [0.15, 0.2) is 0 Å². The van der Waals surface area contributed by atoms with Crippen molar-refractivity contribution in [3.8, 4) is 0 Å². The average molecular weight is 354 g/mol. The number of amides is 2. The number of carbonyl (C=O) groups excluding carboxylic acids is 1. The molecule has 104 valence electrons.